The van der Waals surface area contributed by atoms with Crippen molar-refractivity contribution < 1.29 is 13.9 Å². The van der Waals surface area contributed by atoms with Gasteiger partial charge in [-0.3, -0.25) is 4.79 Å². The van der Waals surface area contributed by atoms with Crippen molar-refractivity contribution >= 4 is 5.97 Å². The number of hydrogen-bond acceptors (Lipinski definition) is 4. The van der Waals surface area contributed by atoms with Gasteiger partial charge in [0.2, 0.25) is 5.76 Å². The summed E-state index contributed by atoms with van der Waals surface area (Å²) in [7, 11) is 0. The van der Waals surface area contributed by atoms with E-state index in [4.69, 9.17) is 14.4 Å². The van der Waals surface area contributed by atoms with Gasteiger partial charge in [0.15, 0.2) is 0 Å². The molecule has 13 heavy (non-hydrogen) atoms. The maximum Gasteiger partial charge on any atom is 0.303 e. The average molecular weight is 179 g/mol. The lowest BCUT2D eigenvalue weighted by atomic mass is 10.3. The van der Waals surface area contributed by atoms with Crippen LogP contribution in [0.25, 0.3) is 0 Å². The highest BCUT2D eigenvalue weighted by Gasteiger charge is 2.07. The molecule has 1 heterocycles. The minimum absolute atomic E-state index is 0.0862. The predicted molar refractivity (Wildman–Crippen MR) is 43.6 cm³/mol. The molecule has 0 bridgehead atoms. The molecule has 0 spiro atoms. The molecule has 0 fully saturated rings. The topological polar surface area (TPSA) is 63.2 Å². The summed E-state index contributed by atoms with van der Waals surface area (Å²) in [6.45, 7) is 3.20. The van der Waals surface area contributed by atoms with Crippen LogP contribution in [-0.4, -0.2) is 5.97 Å². The fraction of sp³-hybridized carbons (Fsp3) is 0.333. The summed E-state index contributed by atoms with van der Waals surface area (Å²) in [6.07, 6.45) is 0. The Balaban J connectivity index is 2.72. The molecule has 1 aromatic heterocycles. The lowest BCUT2D eigenvalue weighted by Crippen LogP contribution is -1.98. The highest BCUT2D eigenvalue weighted by atomic mass is 16.5. The van der Waals surface area contributed by atoms with E-state index >= 15 is 0 Å². The Morgan fingerprint density at radius 3 is 2.92 bits per heavy atom. The highest BCUT2D eigenvalue weighted by Crippen LogP contribution is 2.14. The van der Waals surface area contributed by atoms with E-state index in [9.17, 15) is 4.79 Å². The van der Waals surface area contributed by atoms with Crippen LogP contribution in [0.5, 0.6) is 0 Å². The summed E-state index contributed by atoms with van der Waals surface area (Å²) in [5, 5.41) is 8.50. The Bertz CT molecular complexity index is 359. The van der Waals surface area contributed by atoms with Gasteiger partial charge in [-0.1, -0.05) is 0 Å². The van der Waals surface area contributed by atoms with Gasteiger partial charge in [-0.05, 0) is 18.6 Å². The summed E-state index contributed by atoms with van der Waals surface area (Å²) in [5.41, 5.74) is 0.817. The zero-order valence-corrected chi connectivity index (χ0v) is 7.46. The molecule has 0 amide bonds. The fourth-order valence-electron chi connectivity index (χ4n) is 0.885. The first-order valence-electron chi connectivity index (χ1n) is 3.76. The second kappa shape index (κ2) is 3.76. The van der Waals surface area contributed by atoms with Crippen molar-refractivity contribution in [1.29, 1.82) is 5.26 Å². The SMILES string of the molecule is CC(=O)OCc1oc(C#N)cc1C. The summed E-state index contributed by atoms with van der Waals surface area (Å²) in [4.78, 5) is 10.5. The molecule has 0 saturated carbocycles. The van der Waals surface area contributed by atoms with Crippen LogP contribution in [0.4, 0.5) is 0 Å². The van der Waals surface area contributed by atoms with Gasteiger partial charge in [-0.2, -0.15) is 5.26 Å². The van der Waals surface area contributed by atoms with Crippen molar-refractivity contribution in [3.05, 3.63) is 23.2 Å². The number of esters is 1. The van der Waals surface area contributed by atoms with Gasteiger partial charge < -0.3 is 9.15 Å². The first-order chi connectivity index (χ1) is 6.13. The largest absolute Gasteiger partial charge is 0.458 e. The van der Waals surface area contributed by atoms with Crippen LogP contribution < -0.4 is 0 Å². The van der Waals surface area contributed by atoms with Crippen molar-refractivity contribution in [3.8, 4) is 6.07 Å². The number of carbonyl (C=O) groups excluding carboxylic acids is 1. The number of hydrogen-bond donors (Lipinski definition) is 0. The molecule has 0 aliphatic heterocycles. The fourth-order valence-corrected chi connectivity index (χ4v) is 0.885. The van der Waals surface area contributed by atoms with Gasteiger partial charge in [0.25, 0.3) is 0 Å². The van der Waals surface area contributed by atoms with E-state index in [0.29, 0.717) is 5.76 Å². The Morgan fingerprint density at radius 2 is 2.46 bits per heavy atom. The van der Waals surface area contributed by atoms with Crippen LogP contribution in [0, 0.1) is 18.3 Å². The van der Waals surface area contributed by atoms with Crippen molar-refractivity contribution in [2.75, 3.05) is 0 Å². The van der Waals surface area contributed by atoms with Crippen molar-refractivity contribution in [3.63, 3.8) is 0 Å². The molecule has 68 valence electrons. The quantitative estimate of drug-likeness (QED) is 0.645. The second-order valence-corrected chi connectivity index (χ2v) is 2.61. The van der Waals surface area contributed by atoms with Gasteiger partial charge in [0, 0.05) is 6.92 Å². The molecular formula is C9H9NO3. The summed E-state index contributed by atoms with van der Waals surface area (Å²) < 4.78 is 9.80. The third-order valence-electron chi connectivity index (χ3n) is 1.54. The summed E-state index contributed by atoms with van der Waals surface area (Å²) >= 11 is 0. The maximum atomic E-state index is 10.5. The summed E-state index contributed by atoms with van der Waals surface area (Å²) in [6, 6.07) is 3.48. The van der Waals surface area contributed by atoms with E-state index in [1.165, 1.54) is 6.92 Å². The first kappa shape index (κ1) is 9.33. The molecule has 1 rings (SSSR count). The number of aryl methyl sites for hydroxylation is 1. The van der Waals surface area contributed by atoms with E-state index in [1.807, 2.05) is 6.07 Å². The van der Waals surface area contributed by atoms with Crippen molar-refractivity contribution in [2.45, 2.75) is 20.5 Å². The zero-order chi connectivity index (χ0) is 9.84. The standard InChI is InChI=1S/C9H9NO3/c1-6-3-8(4-10)13-9(6)5-12-7(2)11/h3H,5H2,1-2H3. The second-order valence-electron chi connectivity index (χ2n) is 2.61. The van der Waals surface area contributed by atoms with E-state index in [1.54, 1.807) is 13.0 Å². The normalized spacial score (nSPS) is 9.31. The molecule has 0 radical (unpaired) electrons. The first-order valence-corrected chi connectivity index (χ1v) is 3.76. The van der Waals surface area contributed by atoms with Crippen LogP contribution >= 0.6 is 0 Å². The number of rotatable bonds is 2. The van der Waals surface area contributed by atoms with Crippen molar-refractivity contribution in [2.24, 2.45) is 0 Å². The van der Waals surface area contributed by atoms with Crippen LogP contribution in [-0.2, 0) is 16.1 Å². The highest BCUT2D eigenvalue weighted by molar-refractivity contribution is 5.65. The number of ether oxygens (including phenoxy) is 1. The molecule has 4 nitrogen and oxygen atoms in total. The maximum absolute atomic E-state index is 10.5. The van der Waals surface area contributed by atoms with Gasteiger partial charge in [0.05, 0.1) is 0 Å². The Hall–Kier alpha value is -1.76. The van der Waals surface area contributed by atoms with Crippen LogP contribution in [0.1, 0.15) is 24.0 Å². The minimum atomic E-state index is -0.366. The molecule has 0 aliphatic carbocycles. The Morgan fingerprint density at radius 1 is 1.77 bits per heavy atom. The van der Waals surface area contributed by atoms with Crippen molar-refractivity contribution in [1.82, 2.24) is 0 Å². The lowest BCUT2D eigenvalue weighted by Gasteiger charge is -1.98. The third-order valence-corrected chi connectivity index (χ3v) is 1.54. The van der Waals surface area contributed by atoms with Crippen LogP contribution in [0.15, 0.2) is 10.5 Å². The molecule has 0 N–H and O–H groups in total. The number of nitrogens with zero attached hydrogens (tertiary/aromatic N) is 1. The van der Waals surface area contributed by atoms with Gasteiger partial charge in [-0.25, -0.2) is 0 Å². The molecule has 0 atom stereocenters. The Kier molecular flexibility index (Phi) is 2.70. The monoisotopic (exact) mass is 179 g/mol. The predicted octanol–water partition coefficient (Wildman–Crippen LogP) is 1.52. The molecule has 0 unspecified atom stereocenters. The lowest BCUT2D eigenvalue weighted by molar-refractivity contribution is -0.142. The number of carbonyl (C=O) groups is 1. The van der Waals surface area contributed by atoms with E-state index in [2.05, 4.69) is 0 Å². The molecule has 0 aliphatic rings. The van der Waals surface area contributed by atoms with E-state index in [-0.39, 0.29) is 18.3 Å². The smallest absolute Gasteiger partial charge is 0.303 e. The molecular weight excluding hydrogens is 170 g/mol. The van der Waals surface area contributed by atoms with E-state index in [0.717, 1.165) is 5.56 Å². The van der Waals surface area contributed by atoms with Gasteiger partial charge in [0.1, 0.15) is 18.4 Å². The Labute approximate surface area is 75.7 Å². The zero-order valence-electron chi connectivity index (χ0n) is 7.46. The summed E-state index contributed by atoms with van der Waals surface area (Å²) in [5.74, 6) is 0.390. The minimum Gasteiger partial charge on any atom is -0.458 e. The van der Waals surface area contributed by atoms with E-state index < -0.39 is 0 Å². The average Bonchev–Trinajstić information content (AvgIpc) is 2.43. The molecule has 0 saturated heterocycles. The number of nitriles is 1. The van der Waals surface area contributed by atoms with Crippen LogP contribution in [0.2, 0.25) is 0 Å². The van der Waals surface area contributed by atoms with Gasteiger partial charge >= 0.3 is 5.97 Å². The third kappa shape index (κ3) is 2.34. The molecule has 4 heteroatoms. The molecule has 1 aromatic rings. The number of furan rings is 1. The van der Waals surface area contributed by atoms with Gasteiger partial charge in [-0.15, -0.1) is 0 Å². The van der Waals surface area contributed by atoms with Crippen LogP contribution in [0.3, 0.4) is 0 Å². The molecule has 0 aromatic carbocycles.